The lowest BCUT2D eigenvalue weighted by Crippen LogP contribution is -2.58. The number of aryl methyl sites for hydroxylation is 1. The Balaban J connectivity index is 1.19. The van der Waals surface area contributed by atoms with E-state index in [1.807, 2.05) is 35.4 Å². The minimum atomic E-state index is -0.668. The lowest BCUT2D eigenvalue weighted by atomic mass is 9.73. The summed E-state index contributed by atoms with van der Waals surface area (Å²) in [4.78, 5) is 56.6. The average molecular weight is 749 g/mol. The minimum Gasteiger partial charge on any atom is -0.350 e. The monoisotopic (exact) mass is 748 g/mol. The second-order valence-corrected chi connectivity index (χ2v) is 16.7. The number of hydrogen-bond donors (Lipinski definition) is 2. The topological polar surface area (TPSA) is 116 Å². The van der Waals surface area contributed by atoms with Gasteiger partial charge in [0, 0.05) is 61.0 Å². The van der Waals surface area contributed by atoms with E-state index < -0.39 is 11.2 Å². The maximum Gasteiger partial charge on any atom is 0.251 e. The van der Waals surface area contributed by atoms with Gasteiger partial charge in [-0.1, -0.05) is 18.6 Å². The summed E-state index contributed by atoms with van der Waals surface area (Å²) in [6.07, 6.45) is 8.64. The van der Waals surface area contributed by atoms with E-state index in [2.05, 4.69) is 46.4 Å². The van der Waals surface area contributed by atoms with Crippen molar-refractivity contribution >= 4 is 45.9 Å². The van der Waals surface area contributed by atoms with Crippen molar-refractivity contribution in [2.45, 2.75) is 116 Å². The molecular formula is C43H53FN8O3. The van der Waals surface area contributed by atoms with Crippen LogP contribution in [0.15, 0.2) is 42.7 Å². The molecule has 1 spiro atoms. The van der Waals surface area contributed by atoms with Gasteiger partial charge in [0.15, 0.2) is 5.82 Å². The van der Waals surface area contributed by atoms with Crippen molar-refractivity contribution in [3.8, 4) is 11.3 Å². The van der Waals surface area contributed by atoms with Crippen LogP contribution in [0.2, 0.25) is 0 Å². The van der Waals surface area contributed by atoms with E-state index in [1.165, 1.54) is 25.3 Å². The third-order valence-electron chi connectivity index (χ3n) is 12.5. The van der Waals surface area contributed by atoms with Gasteiger partial charge in [-0.25, -0.2) is 14.4 Å². The predicted octanol–water partition coefficient (Wildman–Crippen LogP) is 7.25. The maximum absolute atomic E-state index is 15.7. The van der Waals surface area contributed by atoms with Gasteiger partial charge in [0.1, 0.15) is 11.3 Å². The van der Waals surface area contributed by atoms with Gasteiger partial charge in [-0.3, -0.25) is 14.4 Å². The molecule has 1 aliphatic carbocycles. The molecule has 4 aromatic rings. The number of carbonyl (C=O) groups is 3. The Bertz CT molecular complexity index is 2160. The summed E-state index contributed by atoms with van der Waals surface area (Å²) >= 11 is 0. The highest BCUT2D eigenvalue weighted by Gasteiger charge is 2.55. The Morgan fingerprint density at radius 1 is 0.945 bits per heavy atom. The molecule has 1 saturated carbocycles. The number of fused-ring (bicyclic) bond motifs is 3. The number of pyridine rings is 1. The number of piperidine rings is 2. The van der Waals surface area contributed by atoms with Crippen LogP contribution in [0.3, 0.4) is 0 Å². The number of rotatable bonds is 8. The fourth-order valence-electron chi connectivity index (χ4n) is 9.32. The predicted molar refractivity (Wildman–Crippen MR) is 213 cm³/mol. The van der Waals surface area contributed by atoms with E-state index in [-0.39, 0.29) is 41.5 Å². The molecule has 2 aromatic carbocycles. The Morgan fingerprint density at radius 2 is 1.67 bits per heavy atom. The van der Waals surface area contributed by atoms with Crippen LogP contribution >= 0.6 is 0 Å². The van der Waals surface area contributed by atoms with Crippen LogP contribution in [-0.4, -0.2) is 86.4 Å². The van der Waals surface area contributed by atoms with Crippen LogP contribution in [-0.2, 0) is 15.0 Å². The molecule has 3 aliphatic heterocycles. The summed E-state index contributed by atoms with van der Waals surface area (Å²) in [5, 5.41) is 6.17. The summed E-state index contributed by atoms with van der Waals surface area (Å²) in [7, 11) is 0. The molecule has 3 amide bonds. The fourth-order valence-corrected chi connectivity index (χ4v) is 9.32. The zero-order valence-electron chi connectivity index (χ0n) is 32.9. The van der Waals surface area contributed by atoms with Crippen molar-refractivity contribution < 1.29 is 18.8 Å². The van der Waals surface area contributed by atoms with E-state index in [4.69, 9.17) is 9.97 Å². The first-order valence-electron chi connectivity index (χ1n) is 20.1. The summed E-state index contributed by atoms with van der Waals surface area (Å²) in [5.41, 5.74) is 5.22. The normalized spacial score (nSPS) is 21.1. The molecule has 55 heavy (non-hydrogen) atoms. The van der Waals surface area contributed by atoms with Crippen LogP contribution < -0.4 is 15.5 Å². The summed E-state index contributed by atoms with van der Waals surface area (Å²) in [6, 6.07) is 11.7. The summed E-state index contributed by atoms with van der Waals surface area (Å²) in [6.45, 7) is 14.6. The molecule has 3 fully saturated rings. The molecule has 2 saturated heterocycles. The van der Waals surface area contributed by atoms with Crippen LogP contribution in [0.4, 0.5) is 21.6 Å². The van der Waals surface area contributed by atoms with Crippen molar-refractivity contribution in [3.05, 3.63) is 65.2 Å². The summed E-state index contributed by atoms with van der Waals surface area (Å²) < 4.78 is 17.7. The van der Waals surface area contributed by atoms with Gasteiger partial charge in [-0.05, 0) is 122 Å². The van der Waals surface area contributed by atoms with Crippen molar-refractivity contribution in [2.75, 3.05) is 36.4 Å². The van der Waals surface area contributed by atoms with Crippen LogP contribution in [0, 0.1) is 12.7 Å². The number of carbonyl (C=O) groups excluding carboxylic acids is 3. The molecule has 4 aliphatic rings. The van der Waals surface area contributed by atoms with Crippen LogP contribution in [0.5, 0.6) is 0 Å². The number of aromatic nitrogens is 3. The molecule has 5 heterocycles. The van der Waals surface area contributed by atoms with Gasteiger partial charge in [-0.15, -0.1) is 0 Å². The average Bonchev–Trinajstić information content (AvgIpc) is 3.67. The zero-order valence-corrected chi connectivity index (χ0v) is 32.9. The Kier molecular flexibility index (Phi) is 9.68. The molecule has 8 rings (SSSR count). The highest BCUT2D eigenvalue weighted by Crippen LogP contribution is 2.52. The first-order valence-corrected chi connectivity index (χ1v) is 20.1. The minimum absolute atomic E-state index is 0.0439. The quantitative estimate of drug-likeness (QED) is 0.195. The third-order valence-corrected chi connectivity index (χ3v) is 12.5. The molecule has 290 valence electrons. The lowest BCUT2D eigenvalue weighted by molar-refractivity contribution is -0.134. The maximum atomic E-state index is 15.7. The number of anilines is 3. The highest BCUT2D eigenvalue weighted by molar-refractivity contribution is 6.09. The molecule has 11 nitrogen and oxygen atoms in total. The smallest absolute Gasteiger partial charge is 0.251 e. The van der Waals surface area contributed by atoms with Gasteiger partial charge >= 0.3 is 0 Å². The fraction of sp³-hybridized carbons (Fsp3) is 0.512. The van der Waals surface area contributed by atoms with Crippen molar-refractivity contribution in [1.82, 2.24) is 29.7 Å². The Labute approximate surface area is 322 Å². The molecule has 2 aromatic heterocycles. The van der Waals surface area contributed by atoms with E-state index in [0.717, 1.165) is 48.3 Å². The zero-order chi connectivity index (χ0) is 38.8. The molecule has 12 heteroatoms. The second-order valence-electron chi connectivity index (χ2n) is 16.7. The number of hydrogen-bond acceptors (Lipinski definition) is 7. The van der Waals surface area contributed by atoms with E-state index in [1.54, 1.807) is 26.2 Å². The summed E-state index contributed by atoms with van der Waals surface area (Å²) in [5.74, 6) is -0.154. The number of imidazole rings is 1. The van der Waals surface area contributed by atoms with Crippen molar-refractivity contribution in [1.29, 1.82) is 0 Å². The Morgan fingerprint density at radius 3 is 2.35 bits per heavy atom. The highest BCUT2D eigenvalue weighted by atomic mass is 19.1. The molecule has 0 unspecified atom stereocenters. The number of halogens is 1. The molecule has 0 radical (unpaired) electrons. The Hall–Kier alpha value is -4.84. The molecule has 0 atom stereocenters. The number of nitrogens with one attached hydrogen (secondary N) is 2. The number of likely N-dealkylation sites (tertiary alicyclic amines) is 2. The van der Waals surface area contributed by atoms with E-state index >= 15 is 4.39 Å². The third kappa shape index (κ3) is 6.55. The van der Waals surface area contributed by atoms with E-state index in [0.29, 0.717) is 60.1 Å². The molecule has 0 bridgehead atoms. The van der Waals surface area contributed by atoms with Crippen LogP contribution in [0.1, 0.15) is 107 Å². The second kappa shape index (κ2) is 14.3. The van der Waals surface area contributed by atoms with Gasteiger partial charge in [0.05, 0.1) is 28.6 Å². The first kappa shape index (κ1) is 37.1. The van der Waals surface area contributed by atoms with Crippen molar-refractivity contribution in [2.24, 2.45) is 0 Å². The van der Waals surface area contributed by atoms with Crippen LogP contribution in [0.25, 0.3) is 22.3 Å². The van der Waals surface area contributed by atoms with Gasteiger partial charge in [0.25, 0.3) is 5.91 Å². The lowest BCUT2D eigenvalue weighted by Gasteiger charge is -2.48. The van der Waals surface area contributed by atoms with Crippen molar-refractivity contribution in [3.63, 3.8) is 0 Å². The molecular weight excluding hydrogens is 696 g/mol. The van der Waals surface area contributed by atoms with Gasteiger partial charge in [-0.2, -0.15) is 0 Å². The van der Waals surface area contributed by atoms with Gasteiger partial charge < -0.3 is 29.9 Å². The number of nitrogens with zero attached hydrogens (tertiary/aromatic N) is 6. The number of benzene rings is 2. The molecule has 2 N–H and O–H groups in total. The SMILES string of the molecule is CC(=O)N1CCC2(CC1)C(=O)N(C1CC(N3CCCCC3)C1)c1cc(-c3cc4ncn(C(C)C)c4c(Nc4cc(C(=O)NC(C)C)c(C)cc4F)n3)ccc12. The largest absolute Gasteiger partial charge is 0.350 e. The van der Waals surface area contributed by atoms with E-state index in [9.17, 15) is 14.4 Å². The standard InChI is InChI=1S/C43H53FN8O3/c1-25(2)46-41(54)32-22-36(34(44)18-27(32)5)48-40-39-37(45-24-51(39)26(3)4)23-35(47-40)29-10-11-33-38(19-29)52(31-20-30(21-31)50-14-8-7-9-15-50)42(55)43(33)12-16-49(17-13-43)28(6)53/h10-11,18-19,22-26,30-31H,7-9,12-17,20-21H2,1-6H3,(H,46,54)(H,47,48). The van der Waals surface area contributed by atoms with Gasteiger partial charge in [0.2, 0.25) is 11.8 Å². The first-order chi connectivity index (χ1) is 26.3. The number of amides is 3.